The molecule has 0 fully saturated rings. The molecule has 0 spiro atoms. The Morgan fingerprint density at radius 3 is 0.320 bits per heavy atom. The van der Waals surface area contributed by atoms with Gasteiger partial charge in [-0.3, -0.25) is 22.0 Å². The van der Waals surface area contributed by atoms with E-state index in [0.29, 0.717) is 0 Å². The van der Waals surface area contributed by atoms with Crippen molar-refractivity contribution in [2.24, 2.45) is 0 Å². The number of halogens is 1. The first-order chi connectivity index (χ1) is 5.20. The Kier molecular flexibility index (Phi) is 438. The van der Waals surface area contributed by atoms with Gasteiger partial charge in [-0.1, -0.05) is 0 Å². The summed E-state index contributed by atoms with van der Waals surface area (Å²) in [6, 6.07) is 0. The second-order valence-corrected chi connectivity index (χ2v) is 0.866. The summed E-state index contributed by atoms with van der Waals surface area (Å²) >= 11 is 0. The van der Waals surface area contributed by atoms with Gasteiger partial charge in [0.05, 0.1) is 0 Å². The topological polar surface area (TPSA) is 328 Å². The maximum Gasteiger partial charge on any atom is 2.00 e. The van der Waals surface area contributed by atoms with Gasteiger partial charge in [0.2, 0.25) is 0 Å². The quantitative estimate of drug-likeness (QED) is 0.204. The molecule has 0 saturated carbocycles. The minimum atomic E-state index is -2.92. The van der Waals surface area contributed by atoms with Crippen molar-refractivity contribution >= 4 is 382 Å². The van der Waals surface area contributed by atoms with E-state index >= 15 is 0 Å². The van der Waals surface area contributed by atoms with Crippen LogP contribution >= 0.6 is 0 Å². The van der Waals surface area contributed by atoms with Crippen LogP contribution in [0.1, 0.15) is 0 Å². The minimum Gasteiger partial charge on any atom is -1.00 e. The normalized spacial score (nSPS) is 3.24. The molecule has 0 aliphatic heterocycles. The zero-order valence-electron chi connectivity index (χ0n) is 13.0. The van der Waals surface area contributed by atoms with Crippen molar-refractivity contribution in [1.82, 2.24) is 0 Å². The Balaban J connectivity index is -0.00000000276. The van der Waals surface area contributed by atoms with Gasteiger partial charge < -0.3 is 84.1 Å². The molecule has 0 saturated heterocycles. The fourth-order valence-corrected chi connectivity index (χ4v) is 0. The molecule has 0 rings (SSSR count). The predicted octanol–water partition coefficient (Wildman–Crippen LogP) is -18.6. The van der Waals surface area contributed by atoms with Crippen LogP contribution in [0, 0.1) is 0 Å². The van der Waals surface area contributed by atoms with Gasteiger partial charge >= 0.3 is 342 Å². The molecule has 25 heteroatoms. The third kappa shape index (κ3) is 296. The Bertz CT molecular complexity index is 72.1. The van der Waals surface area contributed by atoms with Gasteiger partial charge in [-0.2, -0.15) is 0 Å². The minimum absolute atomic E-state index is 0. The second-order valence-electron chi connectivity index (χ2n) is 0.866. The first-order valence-corrected chi connectivity index (χ1v) is 2.12. The number of hydrogen-bond donors (Lipinski definition) is 0. The van der Waals surface area contributed by atoms with Crippen molar-refractivity contribution in [3.05, 3.63) is 0 Å². The Morgan fingerprint density at radius 1 is 0.320 bits per heavy atom. The van der Waals surface area contributed by atoms with Crippen LogP contribution in [-0.2, 0) is 0 Å². The molecule has 4 N–H and O–H groups in total. The molecular weight excluding hydrogens is 1350 g/mol. The molecular formula is H4B3Ba7BrGeO13. The van der Waals surface area contributed by atoms with E-state index in [9.17, 15) is 0 Å². The Morgan fingerprint density at radius 2 is 0.320 bits per heavy atom. The largest absolute Gasteiger partial charge is 2.00 e. The fraction of sp³-hybridized carbons (Fsp3) is 0. The van der Waals surface area contributed by atoms with E-state index in [-0.39, 0.29) is 399 Å². The average molecular weight is 1360 g/mol. The van der Waals surface area contributed by atoms with Gasteiger partial charge in [0.1, 0.15) is 0 Å². The van der Waals surface area contributed by atoms with Gasteiger partial charge in [-0.05, 0) is 0 Å². The number of rotatable bonds is 0. The Labute approximate surface area is 450 Å². The first-order valence-electron chi connectivity index (χ1n) is 2.12. The summed E-state index contributed by atoms with van der Waals surface area (Å²) in [4.78, 5) is 0. The zero-order chi connectivity index (χ0) is 10.7. The molecule has 0 aromatic heterocycles. The van der Waals surface area contributed by atoms with Crippen LogP contribution in [0.3, 0.4) is 0 Å². The second kappa shape index (κ2) is 100. The fourth-order valence-electron chi connectivity index (χ4n) is 0. The maximum absolute atomic E-state index is 8.42. The van der Waals surface area contributed by atoms with E-state index in [0.717, 1.165) is 0 Å². The summed E-state index contributed by atoms with van der Waals surface area (Å²) in [5.41, 5.74) is 0. The maximum atomic E-state index is 8.42. The third-order valence-corrected chi connectivity index (χ3v) is 0. The van der Waals surface area contributed by atoms with Crippen LogP contribution in [0.4, 0.5) is 0 Å². The molecule has 0 aliphatic carbocycles. The molecule has 0 amide bonds. The van der Waals surface area contributed by atoms with Crippen LogP contribution in [0.15, 0.2) is 0 Å². The van der Waals surface area contributed by atoms with Gasteiger partial charge in [0.25, 0.3) is 0 Å². The summed E-state index contributed by atoms with van der Waals surface area (Å²) in [5.74, 6) is 0. The van der Waals surface area contributed by atoms with Gasteiger partial charge in [-0.25, -0.2) is 0 Å². The first kappa shape index (κ1) is 109. The van der Waals surface area contributed by atoms with E-state index in [4.69, 9.17) is 45.2 Å². The molecule has 0 atom stereocenters. The summed E-state index contributed by atoms with van der Waals surface area (Å²) < 4.78 is 0. The standard InChI is InChI=1S/3BO3.7Ba.BrH.Ge.4H2O/c3*2-1(3)4;;;;;;;;;;;;;/h;;;;;;;;;;1H;;4*1H2/q3*-3;7*+2;;;;;;/p-5. The smallest absolute Gasteiger partial charge is 1.00 e. The van der Waals surface area contributed by atoms with Crippen LogP contribution in [0.5, 0.6) is 0 Å². The van der Waals surface area contributed by atoms with Crippen LogP contribution < -0.4 is 62.2 Å². The van der Waals surface area contributed by atoms with Crippen molar-refractivity contribution in [3.63, 3.8) is 0 Å². The average Bonchev–Trinajstić information content (AvgIpc) is 1.54. The molecule has 0 aromatic carbocycles. The van der Waals surface area contributed by atoms with E-state index < -0.39 is 22.0 Å². The van der Waals surface area contributed by atoms with Crippen molar-refractivity contribution in [3.8, 4) is 0 Å². The summed E-state index contributed by atoms with van der Waals surface area (Å²) in [5, 5.41) is 75.8. The molecule has 25 heavy (non-hydrogen) atoms. The Hall–Kier alpha value is 11.7. The van der Waals surface area contributed by atoms with Gasteiger partial charge in [0, 0.05) is 17.6 Å². The monoisotopic (exact) mass is 1360 g/mol. The SMILES string of the molecule is [Ba+2].[Ba+2].[Ba+2].[Ba+2].[Ba+2].[Ba+2].[Ba+2].[Br-].[Ge].[O-]B([O-])[O-].[O-]B([O-])[O-].[O-]B([O-])[O-].[OH-].[OH-].[OH-].[OH-]. The van der Waals surface area contributed by atoms with E-state index in [1.54, 1.807) is 0 Å². The van der Waals surface area contributed by atoms with Gasteiger partial charge in [0.15, 0.2) is 0 Å². The molecule has 116 valence electrons. The van der Waals surface area contributed by atoms with Crippen molar-refractivity contribution in [1.29, 1.82) is 0 Å². The summed E-state index contributed by atoms with van der Waals surface area (Å²) in [7, 11) is -8.75. The van der Waals surface area contributed by atoms with Crippen LogP contribution in [-0.4, -0.2) is 404 Å². The molecule has 0 heterocycles. The summed E-state index contributed by atoms with van der Waals surface area (Å²) in [6.07, 6.45) is 0. The van der Waals surface area contributed by atoms with Crippen molar-refractivity contribution in [2.45, 2.75) is 0 Å². The van der Waals surface area contributed by atoms with Crippen molar-refractivity contribution < 1.29 is 84.1 Å². The van der Waals surface area contributed by atoms with E-state index in [2.05, 4.69) is 0 Å². The molecule has 0 unspecified atom stereocenters. The van der Waals surface area contributed by atoms with Crippen LogP contribution in [0.25, 0.3) is 0 Å². The molecule has 0 bridgehead atoms. The molecule has 0 aromatic rings. The number of hydrogen-bond acceptors (Lipinski definition) is 13. The zero-order valence-corrected chi connectivity index (χ0v) is 47.8. The third-order valence-electron chi connectivity index (χ3n) is 0. The predicted molar refractivity (Wildman–Crippen MR) is 71.0 cm³/mol. The van der Waals surface area contributed by atoms with Gasteiger partial charge in [-0.15, -0.1) is 0 Å². The molecule has 4 radical (unpaired) electrons. The molecule has 13 nitrogen and oxygen atoms in total. The summed E-state index contributed by atoms with van der Waals surface area (Å²) in [6.45, 7) is 0. The molecule has 0 aliphatic rings. The van der Waals surface area contributed by atoms with Crippen molar-refractivity contribution in [2.75, 3.05) is 0 Å². The van der Waals surface area contributed by atoms with E-state index in [1.807, 2.05) is 0 Å². The van der Waals surface area contributed by atoms with E-state index in [1.165, 1.54) is 0 Å². The van der Waals surface area contributed by atoms with Crippen LogP contribution in [0.2, 0.25) is 0 Å².